The zero-order chi connectivity index (χ0) is 29.2. The molecule has 1 unspecified atom stereocenters. The monoisotopic (exact) mass is 628 g/mol. The Bertz CT molecular complexity index is 1620. The molecule has 0 bridgehead atoms. The van der Waals surface area contributed by atoms with Gasteiger partial charge in [0.15, 0.2) is 24.1 Å². The molecule has 2 aliphatic heterocycles. The van der Waals surface area contributed by atoms with Gasteiger partial charge in [-0.25, -0.2) is 9.36 Å². The van der Waals surface area contributed by atoms with E-state index in [0.29, 0.717) is 28.7 Å². The maximum atomic E-state index is 13.2. The molecule has 0 aromatic carbocycles. The summed E-state index contributed by atoms with van der Waals surface area (Å²) >= 11 is 3.58. The number of aromatic nitrogens is 7. The molecule has 3 aliphatic rings. The summed E-state index contributed by atoms with van der Waals surface area (Å²) in [5, 5.41) is 30.4. The third-order valence-corrected chi connectivity index (χ3v) is 9.17. The molecular formula is C23H22N11O5S3+. The van der Waals surface area contributed by atoms with Gasteiger partial charge in [0.25, 0.3) is 11.8 Å². The van der Waals surface area contributed by atoms with Crippen LogP contribution in [0.5, 0.6) is 0 Å². The number of carbonyl (C=O) groups excluding carboxylic acids is 2. The number of aromatic amines is 1. The number of tetrazole rings is 1. The van der Waals surface area contributed by atoms with Crippen LogP contribution < -0.4 is 15.6 Å². The van der Waals surface area contributed by atoms with E-state index in [1.165, 1.54) is 28.4 Å². The number of β-lactam (4-membered cyclic amide) rings is 1. The predicted octanol–water partition coefficient (Wildman–Crippen LogP) is 0.299. The summed E-state index contributed by atoms with van der Waals surface area (Å²) in [6.07, 6.45) is 7.95. The molecule has 0 radical (unpaired) electrons. The van der Waals surface area contributed by atoms with Crippen molar-refractivity contribution in [2.45, 2.75) is 47.3 Å². The largest absolute Gasteiger partial charge is 0.477 e. The zero-order valence-corrected chi connectivity index (χ0v) is 24.0. The van der Waals surface area contributed by atoms with Crippen LogP contribution in [0.2, 0.25) is 0 Å². The number of anilines is 1. The second-order valence-corrected chi connectivity index (χ2v) is 12.1. The molecule has 5 heterocycles. The summed E-state index contributed by atoms with van der Waals surface area (Å²) in [5.74, 6) is -1.55. The smallest absolute Gasteiger partial charge is 0.352 e. The Kier molecular flexibility index (Phi) is 7.85. The van der Waals surface area contributed by atoms with Crippen molar-refractivity contribution >= 4 is 63.7 Å². The fraction of sp³-hybridized carbons (Fsp3) is 0.304. The number of rotatable bonds is 10. The number of carboxylic acids is 1. The van der Waals surface area contributed by atoms with E-state index in [0.717, 1.165) is 29.3 Å². The second-order valence-electron chi connectivity index (χ2n) is 9.17. The SMILES string of the molecule is Nc1nc(C(=NOC2=CCCC2)C(=O)NC2C(=O)N3C(C(=O)O)=C(C[n+]4ccc(Sc5nn[nH]n5)cc4)CS[C@H]23)ns1. The predicted molar refractivity (Wildman–Crippen MR) is 148 cm³/mol. The van der Waals surface area contributed by atoms with Crippen LogP contribution in [-0.4, -0.2) is 80.7 Å². The number of nitrogens with one attached hydrogen (secondary N) is 2. The number of hydrogen-bond acceptors (Lipinski definition) is 14. The van der Waals surface area contributed by atoms with E-state index < -0.39 is 29.2 Å². The normalized spacial score (nSPS) is 20.2. The molecule has 2 amide bonds. The van der Waals surface area contributed by atoms with Crippen molar-refractivity contribution in [2.75, 3.05) is 11.5 Å². The van der Waals surface area contributed by atoms with E-state index >= 15 is 0 Å². The number of fused-ring (bicyclic) bond motifs is 1. The number of thioether (sulfide) groups is 1. The van der Waals surface area contributed by atoms with Crippen molar-refractivity contribution in [3.05, 3.63) is 53.5 Å². The van der Waals surface area contributed by atoms with E-state index in [1.54, 1.807) is 12.4 Å². The molecule has 3 aromatic heterocycles. The average molecular weight is 629 g/mol. The number of nitrogens with two attached hydrogens (primary N) is 1. The molecular weight excluding hydrogens is 607 g/mol. The van der Waals surface area contributed by atoms with Crippen LogP contribution in [0.4, 0.5) is 5.13 Å². The highest BCUT2D eigenvalue weighted by molar-refractivity contribution is 8.00. The lowest BCUT2D eigenvalue weighted by molar-refractivity contribution is -0.689. The van der Waals surface area contributed by atoms with Crippen LogP contribution in [0.25, 0.3) is 0 Å². The Hall–Kier alpha value is -4.36. The summed E-state index contributed by atoms with van der Waals surface area (Å²) in [4.78, 5) is 50.3. The second kappa shape index (κ2) is 11.9. The molecule has 216 valence electrons. The number of aliphatic carboxylic acids is 1. The van der Waals surface area contributed by atoms with Crippen LogP contribution in [0.15, 0.2) is 62.8 Å². The summed E-state index contributed by atoms with van der Waals surface area (Å²) in [6.45, 7) is 0.260. The number of allylic oxidation sites excluding steroid dienone is 2. The van der Waals surface area contributed by atoms with Gasteiger partial charge in [-0.3, -0.25) is 14.5 Å². The summed E-state index contributed by atoms with van der Waals surface area (Å²) in [7, 11) is 0. The summed E-state index contributed by atoms with van der Waals surface area (Å²) in [5.41, 5.74) is 5.94. The number of nitrogens with zero attached hydrogens (tertiary/aromatic N) is 8. The molecule has 19 heteroatoms. The lowest BCUT2D eigenvalue weighted by atomic mass is 10.0. The highest BCUT2D eigenvalue weighted by atomic mass is 32.2. The molecule has 1 aliphatic carbocycles. The first-order chi connectivity index (χ1) is 20.4. The first-order valence-electron chi connectivity index (χ1n) is 12.5. The summed E-state index contributed by atoms with van der Waals surface area (Å²) < 4.78 is 5.88. The minimum atomic E-state index is -1.22. The fourth-order valence-electron chi connectivity index (χ4n) is 4.50. The van der Waals surface area contributed by atoms with Crippen LogP contribution in [0, 0.1) is 0 Å². The van der Waals surface area contributed by atoms with Gasteiger partial charge < -0.3 is 21.0 Å². The Labute approximate surface area is 249 Å². The maximum absolute atomic E-state index is 13.2. The zero-order valence-electron chi connectivity index (χ0n) is 21.5. The van der Waals surface area contributed by atoms with E-state index in [9.17, 15) is 19.5 Å². The number of hydrogen-bond donors (Lipinski definition) is 4. The molecule has 16 nitrogen and oxygen atoms in total. The van der Waals surface area contributed by atoms with E-state index in [1.807, 2.05) is 22.8 Å². The molecule has 1 fully saturated rings. The van der Waals surface area contributed by atoms with Gasteiger partial charge in [-0.2, -0.15) is 14.6 Å². The number of oxime groups is 1. The summed E-state index contributed by atoms with van der Waals surface area (Å²) in [6, 6.07) is 2.72. The minimum absolute atomic E-state index is 0.0272. The van der Waals surface area contributed by atoms with Crippen molar-refractivity contribution in [1.82, 2.24) is 40.2 Å². The Morgan fingerprint density at radius 3 is 2.86 bits per heavy atom. The Morgan fingerprint density at radius 1 is 1.36 bits per heavy atom. The standard InChI is InChI=1S/C23H21N11O5S3/c24-22-26-17(30-42-22)14(29-39-12-3-1-2-4-12)18(35)25-15-19(36)34-16(21(37)38)11(10-40-20(15)34)9-33-7-5-13(6-8-33)41-23-27-31-32-28-23/h3,5-8,15,20H,1-2,4,9-10H2,(H4-,24,25,26,27,28,30,31,32,35,37,38)/p+1/t15?,20-/m1/s1. The number of carbonyl (C=O) groups is 3. The topological polar surface area (TPSA) is 218 Å². The molecule has 0 spiro atoms. The lowest BCUT2D eigenvalue weighted by Crippen LogP contribution is -2.71. The fourth-order valence-corrected chi connectivity index (χ4v) is 6.90. The first-order valence-corrected chi connectivity index (χ1v) is 15.2. The molecule has 42 heavy (non-hydrogen) atoms. The highest BCUT2D eigenvalue weighted by Gasteiger charge is 2.55. The number of carboxylic acid groups (broad SMARTS) is 1. The third-order valence-electron chi connectivity index (χ3n) is 6.43. The number of amides is 2. The lowest BCUT2D eigenvalue weighted by Gasteiger charge is -2.49. The van der Waals surface area contributed by atoms with Gasteiger partial charge in [0, 0.05) is 46.3 Å². The average Bonchev–Trinajstić information content (AvgIpc) is 3.77. The molecule has 1 saturated heterocycles. The maximum Gasteiger partial charge on any atom is 0.352 e. The quantitative estimate of drug-likeness (QED) is 0.103. The van der Waals surface area contributed by atoms with E-state index in [4.69, 9.17) is 10.6 Å². The van der Waals surface area contributed by atoms with Crippen LogP contribution in [0.3, 0.4) is 0 Å². The van der Waals surface area contributed by atoms with Crippen LogP contribution in [0.1, 0.15) is 25.1 Å². The van der Waals surface area contributed by atoms with Crippen molar-refractivity contribution in [3.8, 4) is 0 Å². The first kappa shape index (κ1) is 27.8. The van der Waals surface area contributed by atoms with Crippen LogP contribution >= 0.6 is 35.1 Å². The Morgan fingerprint density at radius 2 is 2.19 bits per heavy atom. The van der Waals surface area contributed by atoms with Crippen LogP contribution in [-0.2, 0) is 25.8 Å². The van der Waals surface area contributed by atoms with Crippen molar-refractivity contribution in [2.24, 2.45) is 5.16 Å². The van der Waals surface area contributed by atoms with Crippen molar-refractivity contribution in [1.29, 1.82) is 0 Å². The van der Waals surface area contributed by atoms with Gasteiger partial charge in [-0.1, -0.05) is 5.16 Å². The van der Waals surface area contributed by atoms with Gasteiger partial charge in [0.2, 0.25) is 16.7 Å². The van der Waals surface area contributed by atoms with Gasteiger partial charge in [-0.05, 0) is 35.9 Å². The highest BCUT2D eigenvalue weighted by Crippen LogP contribution is 2.40. The van der Waals surface area contributed by atoms with E-state index in [-0.39, 0.29) is 28.9 Å². The number of nitrogen functional groups attached to an aromatic ring is 1. The van der Waals surface area contributed by atoms with Crippen molar-refractivity contribution in [3.63, 3.8) is 0 Å². The van der Waals surface area contributed by atoms with Gasteiger partial charge in [-0.15, -0.1) is 22.0 Å². The van der Waals surface area contributed by atoms with Gasteiger partial charge in [0.1, 0.15) is 22.9 Å². The molecule has 5 N–H and O–H groups in total. The number of H-pyrrole nitrogens is 1. The molecule has 2 atom stereocenters. The number of pyridine rings is 1. The van der Waals surface area contributed by atoms with Gasteiger partial charge in [0.05, 0.1) is 0 Å². The third kappa shape index (κ3) is 5.70. The Balaban J connectivity index is 1.16. The molecule has 3 aromatic rings. The van der Waals surface area contributed by atoms with E-state index in [2.05, 4.69) is 40.5 Å². The van der Waals surface area contributed by atoms with Crippen molar-refractivity contribution < 1.29 is 28.9 Å². The molecule has 6 rings (SSSR count). The molecule has 0 saturated carbocycles. The van der Waals surface area contributed by atoms with Gasteiger partial charge >= 0.3 is 5.97 Å². The minimum Gasteiger partial charge on any atom is -0.477 e.